The fourth-order valence-electron chi connectivity index (χ4n) is 8.41. The molecule has 1 aromatic heterocycles. The molecule has 1 aromatic rings. The molecule has 9 amide bonds. The third-order valence-electron chi connectivity index (χ3n) is 12.3. The zero-order valence-corrected chi connectivity index (χ0v) is 44.4. The van der Waals surface area contributed by atoms with E-state index in [1.54, 1.807) is 27.7 Å². The van der Waals surface area contributed by atoms with Gasteiger partial charge >= 0.3 is 5.97 Å². The number of unbranched alkanes of at least 4 members (excludes halogenated alkanes) is 1. The van der Waals surface area contributed by atoms with Crippen LogP contribution in [-0.2, 0) is 54.4 Å². The molecule has 1 fully saturated rings. The summed E-state index contributed by atoms with van der Waals surface area (Å²) in [5.41, 5.74) is 17.3. The number of aromatic nitrogens is 2. The maximum Gasteiger partial charge on any atom is 0.326 e. The molecule has 24 heteroatoms. The number of nitrogens with one attached hydrogen (secondary N) is 8. The first kappa shape index (κ1) is 62.9. The fraction of sp³-hybridized carbons (Fsp3) is 0.735. The van der Waals surface area contributed by atoms with Crippen LogP contribution < -0.4 is 54.4 Å². The lowest BCUT2D eigenvalue weighted by molar-refractivity contribution is -0.144. The molecule has 1 aliphatic heterocycles. The summed E-state index contributed by atoms with van der Waals surface area (Å²) in [5.74, 6) is -8.84. The van der Waals surface area contributed by atoms with E-state index < -0.39 is 132 Å². The molecule has 2 rings (SSSR count). The quantitative estimate of drug-likeness (QED) is 0.0394. The number of nitrogens with zero attached hydrogens (tertiary/aromatic N) is 2. The first-order valence-electron chi connectivity index (χ1n) is 25.5. The minimum Gasteiger partial charge on any atom is -0.480 e. The molecule has 0 radical (unpaired) electrons. The Hall–Kier alpha value is -6.17. The zero-order chi connectivity index (χ0) is 55.3. The van der Waals surface area contributed by atoms with Crippen LogP contribution >= 0.6 is 0 Å². The average molecular weight is 1030 g/mol. The number of hydrogen-bond acceptors (Lipinski definition) is 13. The zero-order valence-electron chi connectivity index (χ0n) is 44.4. The van der Waals surface area contributed by atoms with Crippen LogP contribution in [0.15, 0.2) is 12.5 Å². The van der Waals surface area contributed by atoms with Gasteiger partial charge in [-0.05, 0) is 87.5 Å². The number of carboxylic acids is 1. The number of likely N-dealkylation sites (tertiary alicyclic amines) is 1. The van der Waals surface area contributed by atoms with Crippen molar-refractivity contribution < 1.29 is 53.1 Å². The number of H-pyrrole nitrogens is 1. The first-order valence-corrected chi connectivity index (χ1v) is 25.5. The van der Waals surface area contributed by atoms with Gasteiger partial charge in [-0.2, -0.15) is 0 Å². The smallest absolute Gasteiger partial charge is 0.326 e. The van der Waals surface area contributed by atoms with Gasteiger partial charge in [-0.1, -0.05) is 69.2 Å². The number of aromatic amines is 1. The van der Waals surface area contributed by atoms with Crippen LogP contribution in [0.2, 0.25) is 0 Å². The Bertz CT molecular complexity index is 2010. The maximum absolute atomic E-state index is 14.4. The fourth-order valence-corrected chi connectivity index (χ4v) is 8.41. The van der Waals surface area contributed by atoms with Crippen LogP contribution in [0.4, 0.5) is 0 Å². The topological polar surface area (TPSA) is 385 Å². The lowest BCUT2D eigenvalue weighted by atomic mass is 9.99. The van der Waals surface area contributed by atoms with Gasteiger partial charge in [-0.15, -0.1) is 0 Å². The lowest BCUT2D eigenvalue weighted by Gasteiger charge is -2.32. The van der Waals surface area contributed by atoms with Crippen LogP contribution in [-0.4, -0.2) is 147 Å². The molecule has 15 N–H and O–H groups in total. The van der Waals surface area contributed by atoms with Crippen LogP contribution in [0.5, 0.6) is 0 Å². The molecule has 24 nitrogen and oxygen atoms in total. The van der Waals surface area contributed by atoms with Crippen molar-refractivity contribution in [2.75, 3.05) is 13.1 Å². The van der Waals surface area contributed by atoms with E-state index in [0.717, 1.165) is 0 Å². The van der Waals surface area contributed by atoms with Crippen LogP contribution in [0.3, 0.4) is 0 Å². The number of primary amides is 1. The predicted molar refractivity (Wildman–Crippen MR) is 271 cm³/mol. The van der Waals surface area contributed by atoms with Crippen molar-refractivity contribution in [1.29, 1.82) is 0 Å². The van der Waals surface area contributed by atoms with E-state index >= 15 is 0 Å². The highest BCUT2D eigenvalue weighted by Crippen LogP contribution is 2.22. The highest BCUT2D eigenvalue weighted by molar-refractivity contribution is 5.98. The highest BCUT2D eigenvalue weighted by Gasteiger charge is 2.41. The van der Waals surface area contributed by atoms with E-state index in [-0.39, 0.29) is 62.8 Å². The minimum atomic E-state index is -1.31. The number of hydrogen-bond donors (Lipinski definition) is 12. The van der Waals surface area contributed by atoms with Gasteiger partial charge in [0.2, 0.25) is 53.2 Å². The average Bonchev–Trinajstić information content (AvgIpc) is 4.00. The standard InChI is InChI=1S/C49H85N13O11/c1-25(2)18-33(56-41(64)31(51)22-38(52)63)44(67)59-36(20-27(5)6)48(71)62-17-13-15-37(62)46(69)55-32(14-11-12-16-50)42(65)57-34(19-26(3)4)43(66)58-35(21-30-23-53-24-54-30)45(68)60-39(28(7)8)47(70)61-40(29(9)10)49(72)73/h23-29,31-37,39-40H,11-22,50-51H2,1-10H3,(H2,52,63)(H,53,54)(H,55,69)(H,56,64)(H,57,65)(H,58,66)(H,59,67)(H,60,68)(H,61,70)(H,72,73)/t31-,32-,33-,34-,35-,36-,37-,39-,40-/m0/s1. The molecule has 73 heavy (non-hydrogen) atoms. The second-order valence-electron chi connectivity index (χ2n) is 21.0. The number of nitrogens with two attached hydrogens (primary N) is 3. The first-order chi connectivity index (χ1) is 34.2. The van der Waals surface area contributed by atoms with Crippen LogP contribution in [0.1, 0.15) is 133 Å². The Kier molecular flexibility index (Phi) is 26.5. The largest absolute Gasteiger partial charge is 0.480 e. The van der Waals surface area contributed by atoms with Gasteiger partial charge in [-0.3, -0.25) is 43.2 Å². The Morgan fingerprint density at radius 1 is 0.658 bits per heavy atom. The van der Waals surface area contributed by atoms with Crippen LogP contribution in [0, 0.1) is 29.6 Å². The maximum atomic E-state index is 14.4. The summed E-state index contributed by atoms with van der Waals surface area (Å²) in [4.78, 5) is 143. The molecule has 0 aliphatic carbocycles. The van der Waals surface area contributed by atoms with Gasteiger partial charge < -0.3 is 69.4 Å². The number of carbonyl (C=O) groups excluding carboxylic acids is 9. The molecule has 0 bridgehead atoms. The molecule has 0 spiro atoms. The number of aliphatic carboxylic acids is 1. The van der Waals surface area contributed by atoms with E-state index in [9.17, 15) is 53.1 Å². The number of carbonyl (C=O) groups is 10. The molecule has 0 aromatic carbocycles. The molecular weight excluding hydrogens is 947 g/mol. The molecule has 9 atom stereocenters. The van der Waals surface area contributed by atoms with Gasteiger partial charge in [-0.25, -0.2) is 9.78 Å². The van der Waals surface area contributed by atoms with E-state index in [2.05, 4.69) is 47.2 Å². The summed E-state index contributed by atoms with van der Waals surface area (Å²) in [6.45, 7) is 18.1. The number of rotatable bonds is 32. The Morgan fingerprint density at radius 2 is 1.15 bits per heavy atom. The monoisotopic (exact) mass is 1030 g/mol. The Morgan fingerprint density at radius 3 is 1.64 bits per heavy atom. The van der Waals surface area contributed by atoms with Gasteiger partial charge in [0.25, 0.3) is 0 Å². The van der Waals surface area contributed by atoms with Crippen molar-refractivity contribution >= 4 is 59.1 Å². The summed E-state index contributed by atoms with van der Waals surface area (Å²) >= 11 is 0. The van der Waals surface area contributed by atoms with E-state index in [1.807, 2.05) is 41.5 Å². The molecule has 0 unspecified atom stereocenters. The van der Waals surface area contributed by atoms with Gasteiger partial charge in [0.1, 0.15) is 48.3 Å². The van der Waals surface area contributed by atoms with E-state index in [4.69, 9.17) is 17.2 Å². The van der Waals surface area contributed by atoms with E-state index in [0.29, 0.717) is 31.5 Å². The Balaban J connectivity index is 2.40. The van der Waals surface area contributed by atoms with Gasteiger partial charge in [0, 0.05) is 24.9 Å². The molecule has 412 valence electrons. The minimum absolute atomic E-state index is 0.0774. The van der Waals surface area contributed by atoms with Crippen molar-refractivity contribution in [3.63, 3.8) is 0 Å². The van der Waals surface area contributed by atoms with Crippen LogP contribution in [0.25, 0.3) is 0 Å². The number of carboxylic acid groups (broad SMARTS) is 1. The summed E-state index contributed by atoms with van der Waals surface area (Å²) in [6.07, 6.45) is 4.50. The molecular formula is C49H85N13O11. The number of imidazole rings is 1. The molecule has 1 aliphatic rings. The summed E-state index contributed by atoms with van der Waals surface area (Å²) < 4.78 is 0. The summed E-state index contributed by atoms with van der Waals surface area (Å²) in [7, 11) is 0. The van der Waals surface area contributed by atoms with E-state index in [1.165, 1.54) is 17.4 Å². The third kappa shape index (κ3) is 21.4. The van der Waals surface area contributed by atoms with Crippen molar-refractivity contribution in [3.05, 3.63) is 18.2 Å². The van der Waals surface area contributed by atoms with Gasteiger partial charge in [0.15, 0.2) is 0 Å². The second kappa shape index (κ2) is 30.8. The second-order valence-corrected chi connectivity index (χ2v) is 21.0. The number of amides is 9. The third-order valence-corrected chi connectivity index (χ3v) is 12.3. The van der Waals surface area contributed by atoms with Crippen molar-refractivity contribution in [3.8, 4) is 0 Å². The SMILES string of the molecule is CC(C)C[C@H](NC(=O)[C@H](CCCCN)NC(=O)[C@@H]1CCCN1C(=O)[C@H](CC(C)C)NC(=O)[C@H](CC(C)C)NC(=O)[C@@H](N)CC(N)=O)C(=O)N[C@@H](Cc1cnc[nH]1)C(=O)N[C@H](C(=O)N[C@H](C(=O)O)C(C)C)C(C)C. The predicted octanol–water partition coefficient (Wildman–Crippen LogP) is -0.797. The van der Waals surface area contributed by atoms with Crippen molar-refractivity contribution in [1.82, 2.24) is 52.1 Å². The highest BCUT2D eigenvalue weighted by atomic mass is 16.4. The normalized spacial score (nSPS) is 16.9. The molecule has 1 saturated heterocycles. The Labute approximate surface area is 429 Å². The summed E-state index contributed by atoms with van der Waals surface area (Å²) in [5, 5.41) is 28.6. The molecule has 0 saturated carbocycles. The van der Waals surface area contributed by atoms with Gasteiger partial charge in [0.05, 0.1) is 18.8 Å². The summed E-state index contributed by atoms with van der Waals surface area (Å²) in [6, 6.07) is -10.7. The van der Waals surface area contributed by atoms with Crippen molar-refractivity contribution in [2.24, 2.45) is 46.8 Å². The lowest BCUT2D eigenvalue weighted by Crippen LogP contribution is -2.61. The van der Waals surface area contributed by atoms with Crippen molar-refractivity contribution in [2.45, 2.75) is 188 Å². The molecule has 2 heterocycles.